The van der Waals surface area contributed by atoms with Crippen molar-refractivity contribution in [3.8, 4) is 5.75 Å². The highest BCUT2D eigenvalue weighted by Gasteiger charge is 2.22. The molecule has 1 heterocycles. The van der Waals surface area contributed by atoms with E-state index in [-0.39, 0.29) is 17.9 Å². The summed E-state index contributed by atoms with van der Waals surface area (Å²) in [7, 11) is 0. The highest BCUT2D eigenvalue weighted by Crippen LogP contribution is 2.21. The van der Waals surface area contributed by atoms with Gasteiger partial charge in [0.2, 0.25) is 0 Å². The number of nitrogens with zero attached hydrogens (tertiary/aromatic N) is 4. The molecule has 0 aliphatic carbocycles. The molecule has 3 rings (SSSR count). The fraction of sp³-hybridized carbons (Fsp3) is 0.227. The number of ether oxygens (including phenoxy) is 1. The van der Waals surface area contributed by atoms with Crippen molar-refractivity contribution in [2.24, 2.45) is 5.10 Å². The lowest BCUT2D eigenvalue weighted by Crippen LogP contribution is -2.24. The molecule has 1 N–H and O–H groups in total. The van der Waals surface area contributed by atoms with Gasteiger partial charge >= 0.3 is 5.69 Å². The van der Waals surface area contributed by atoms with E-state index in [1.54, 1.807) is 6.92 Å². The van der Waals surface area contributed by atoms with E-state index in [1.165, 1.54) is 23.4 Å². The molecule has 0 atom stereocenters. The first-order chi connectivity index (χ1) is 14.8. The van der Waals surface area contributed by atoms with Gasteiger partial charge in [-0.2, -0.15) is 10.2 Å². The zero-order valence-corrected chi connectivity index (χ0v) is 17.5. The van der Waals surface area contributed by atoms with Gasteiger partial charge in [0.25, 0.3) is 5.91 Å². The highest BCUT2D eigenvalue weighted by molar-refractivity contribution is 5.82. The summed E-state index contributed by atoms with van der Waals surface area (Å²) >= 11 is 0. The van der Waals surface area contributed by atoms with Crippen LogP contribution < -0.4 is 10.2 Å². The molecule has 9 heteroatoms. The Balaban J connectivity index is 1.52. The summed E-state index contributed by atoms with van der Waals surface area (Å²) in [4.78, 5) is 22.6. The van der Waals surface area contributed by atoms with Gasteiger partial charge in [-0.05, 0) is 61.7 Å². The fourth-order valence-electron chi connectivity index (χ4n) is 3.04. The molecule has 0 saturated heterocycles. The van der Waals surface area contributed by atoms with Crippen molar-refractivity contribution in [1.82, 2.24) is 15.2 Å². The van der Waals surface area contributed by atoms with E-state index in [4.69, 9.17) is 4.74 Å². The van der Waals surface area contributed by atoms with Crippen LogP contribution >= 0.6 is 0 Å². The van der Waals surface area contributed by atoms with Gasteiger partial charge in [0.1, 0.15) is 30.3 Å². The van der Waals surface area contributed by atoms with Gasteiger partial charge in [0.05, 0.1) is 11.1 Å². The molecule has 0 aliphatic rings. The van der Waals surface area contributed by atoms with Crippen molar-refractivity contribution < 1.29 is 14.5 Å². The number of aryl methyl sites for hydroxylation is 2. The third-order valence-electron chi connectivity index (χ3n) is 4.76. The maximum absolute atomic E-state index is 12.1. The van der Waals surface area contributed by atoms with E-state index in [9.17, 15) is 14.9 Å². The third kappa shape index (κ3) is 5.53. The van der Waals surface area contributed by atoms with Gasteiger partial charge in [0, 0.05) is 0 Å². The molecule has 3 aromatic rings. The molecule has 0 radical (unpaired) electrons. The van der Waals surface area contributed by atoms with Gasteiger partial charge in [-0.3, -0.25) is 19.6 Å². The molecule has 0 spiro atoms. The minimum Gasteiger partial charge on any atom is -0.489 e. The van der Waals surface area contributed by atoms with Crippen LogP contribution in [0.4, 0.5) is 5.69 Å². The van der Waals surface area contributed by atoms with Crippen LogP contribution in [0.15, 0.2) is 53.6 Å². The number of benzene rings is 2. The molecular formula is C22H23N5O4. The Morgan fingerprint density at radius 3 is 2.55 bits per heavy atom. The van der Waals surface area contributed by atoms with Crippen LogP contribution in [0.5, 0.6) is 5.75 Å². The first-order valence-electron chi connectivity index (χ1n) is 9.63. The molecule has 31 heavy (non-hydrogen) atoms. The van der Waals surface area contributed by atoms with Gasteiger partial charge in [0.15, 0.2) is 0 Å². The predicted octanol–water partition coefficient (Wildman–Crippen LogP) is 3.45. The van der Waals surface area contributed by atoms with Crippen molar-refractivity contribution in [2.45, 2.75) is 33.9 Å². The van der Waals surface area contributed by atoms with Crippen LogP contribution in [-0.4, -0.2) is 26.8 Å². The second-order valence-electron chi connectivity index (χ2n) is 7.01. The molecule has 160 valence electrons. The van der Waals surface area contributed by atoms with E-state index < -0.39 is 10.8 Å². The van der Waals surface area contributed by atoms with Crippen molar-refractivity contribution >= 4 is 17.8 Å². The van der Waals surface area contributed by atoms with Gasteiger partial charge in [-0.25, -0.2) is 5.43 Å². The second-order valence-corrected chi connectivity index (χ2v) is 7.01. The Morgan fingerprint density at radius 1 is 1.19 bits per heavy atom. The summed E-state index contributed by atoms with van der Waals surface area (Å²) in [5.74, 6) is 0.297. The monoisotopic (exact) mass is 421 g/mol. The summed E-state index contributed by atoms with van der Waals surface area (Å²) in [6.07, 6.45) is 1.51. The van der Waals surface area contributed by atoms with E-state index in [0.717, 1.165) is 16.9 Å². The minimum atomic E-state index is -0.501. The Morgan fingerprint density at radius 2 is 1.90 bits per heavy atom. The molecule has 0 saturated carbocycles. The number of hydrogen-bond donors (Lipinski definition) is 1. The summed E-state index contributed by atoms with van der Waals surface area (Å²) in [6, 6.07) is 15.4. The first kappa shape index (κ1) is 21.7. The quantitative estimate of drug-likeness (QED) is 0.340. The molecule has 2 aromatic carbocycles. The number of amides is 1. The predicted molar refractivity (Wildman–Crippen MR) is 116 cm³/mol. The Hall–Kier alpha value is -4.01. The average Bonchev–Trinajstić information content (AvgIpc) is 3.01. The lowest BCUT2D eigenvalue weighted by molar-refractivity contribution is -0.386. The maximum Gasteiger partial charge on any atom is 0.312 e. The zero-order valence-electron chi connectivity index (χ0n) is 17.5. The van der Waals surface area contributed by atoms with Gasteiger partial charge < -0.3 is 4.74 Å². The molecule has 0 aliphatic heterocycles. The molecule has 1 amide bonds. The van der Waals surface area contributed by atoms with E-state index >= 15 is 0 Å². The number of carbonyl (C=O) groups excluding carboxylic acids is 1. The summed E-state index contributed by atoms with van der Waals surface area (Å²) in [5, 5.41) is 19.0. The Kier molecular flexibility index (Phi) is 6.76. The van der Waals surface area contributed by atoms with E-state index in [2.05, 4.69) is 15.6 Å². The maximum atomic E-state index is 12.1. The van der Waals surface area contributed by atoms with E-state index in [0.29, 0.717) is 12.3 Å². The molecule has 9 nitrogen and oxygen atoms in total. The number of nitrogens with one attached hydrogen (secondary N) is 1. The number of carbonyl (C=O) groups is 1. The molecule has 0 bridgehead atoms. The van der Waals surface area contributed by atoms with Crippen LogP contribution in [0.25, 0.3) is 0 Å². The number of rotatable bonds is 8. The van der Waals surface area contributed by atoms with Crippen LogP contribution in [-0.2, 0) is 17.9 Å². The van der Waals surface area contributed by atoms with Crippen LogP contribution in [0.2, 0.25) is 0 Å². The molecule has 0 unspecified atom stereocenters. The smallest absolute Gasteiger partial charge is 0.312 e. The number of hydrazone groups is 1. The van der Waals surface area contributed by atoms with Crippen molar-refractivity contribution in [1.29, 1.82) is 0 Å². The highest BCUT2D eigenvalue weighted by atomic mass is 16.6. The third-order valence-corrected chi connectivity index (χ3v) is 4.76. The standard InChI is InChI=1S/C22H23N5O4/c1-15-6-4-5-7-19(15)14-31-20-10-8-18(9-11-20)12-23-24-21(28)13-26-17(3)22(27(29)30)16(2)25-26/h4-12H,13-14H2,1-3H3,(H,24,28). The normalized spacial score (nSPS) is 10.9. The SMILES string of the molecule is Cc1ccccc1COc1ccc(C=NNC(=O)Cn2nc(C)c([N+](=O)[O-])c2C)cc1. The van der Waals surface area contributed by atoms with Crippen molar-refractivity contribution in [3.05, 3.63) is 86.7 Å². The summed E-state index contributed by atoms with van der Waals surface area (Å²) in [5.41, 5.74) is 6.00. The van der Waals surface area contributed by atoms with Gasteiger partial charge in [-0.15, -0.1) is 0 Å². The average molecular weight is 421 g/mol. The second kappa shape index (κ2) is 9.66. The van der Waals surface area contributed by atoms with Crippen molar-refractivity contribution in [2.75, 3.05) is 0 Å². The zero-order chi connectivity index (χ0) is 22.4. The molecule has 1 aromatic heterocycles. The molecular weight excluding hydrogens is 398 g/mol. The summed E-state index contributed by atoms with van der Waals surface area (Å²) < 4.78 is 7.10. The van der Waals surface area contributed by atoms with Crippen LogP contribution in [0.1, 0.15) is 28.1 Å². The van der Waals surface area contributed by atoms with Crippen LogP contribution in [0, 0.1) is 30.9 Å². The van der Waals surface area contributed by atoms with Crippen LogP contribution in [0.3, 0.4) is 0 Å². The van der Waals surface area contributed by atoms with E-state index in [1.807, 2.05) is 55.5 Å². The topological polar surface area (TPSA) is 112 Å². The Labute approximate surface area is 179 Å². The fourth-order valence-corrected chi connectivity index (χ4v) is 3.04. The molecule has 0 fully saturated rings. The number of nitro groups is 1. The number of aromatic nitrogens is 2. The minimum absolute atomic E-state index is 0.0824. The van der Waals surface area contributed by atoms with Crippen molar-refractivity contribution in [3.63, 3.8) is 0 Å². The largest absolute Gasteiger partial charge is 0.489 e. The number of hydrogen-bond acceptors (Lipinski definition) is 6. The lowest BCUT2D eigenvalue weighted by Gasteiger charge is -2.08. The summed E-state index contributed by atoms with van der Waals surface area (Å²) in [6.45, 7) is 5.45. The first-order valence-corrected chi connectivity index (χ1v) is 9.63. The van der Waals surface area contributed by atoms with Gasteiger partial charge in [-0.1, -0.05) is 24.3 Å². The Bertz CT molecular complexity index is 1120. The lowest BCUT2D eigenvalue weighted by atomic mass is 10.1.